The van der Waals surface area contributed by atoms with Crippen LogP contribution in [0.5, 0.6) is 0 Å². The van der Waals surface area contributed by atoms with Crippen molar-refractivity contribution in [3.63, 3.8) is 0 Å². The summed E-state index contributed by atoms with van der Waals surface area (Å²) in [6.45, 7) is 4.80. The maximum Gasteiger partial charge on any atom is 0.195 e. The normalized spacial score (nSPS) is 27.6. The molecule has 1 aliphatic rings. The maximum atomic E-state index is 6.06. The molecule has 1 aromatic carbocycles. The maximum absolute atomic E-state index is 6.06. The van der Waals surface area contributed by atoms with E-state index in [1.807, 2.05) is 0 Å². The van der Waals surface area contributed by atoms with Crippen LogP contribution in [0, 0.1) is 6.92 Å². The highest BCUT2D eigenvalue weighted by molar-refractivity contribution is 6.17. The Balaban J connectivity index is 2.16. The van der Waals surface area contributed by atoms with Crippen LogP contribution in [-0.4, -0.2) is 18.6 Å². The number of benzene rings is 1. The molecule has 3 heteroatoms. The lowest BCUT2D eigenvalue weighted by atomic mass is 9.99. The zero-order valence-corrected chi connectivity index (χ0v) is 11.9. The molecule has 1 saturated heterocycles. The van der Waals surface area contributed by atoms with Gasteiger partial charge in [-0.25, -0.2) is 0 Å². The van der Waals surface area contributed by atoms with Crippen molar-refractivity contribution in [2.75, 3.05) is 12.5 Å². The number of unbranched alkanes of at least 4 members (excludes halogenated alkanes) is 1. The second-order valence-electron chi connectivity index (χ2n) is 5.00. The molecule has 2 nitrogen and oxygen atoms in total. The molecule has 1 aromatic rings. The molecule has 0 aliphatic carbocycles. The van der Waals surface area contributed by atoms with Gasteiger partial charge in [-0.1, -0.05) is 29.8 Å². The molecule has 0 N–H and O–H groups in total. The average molecular weight is 269 g/mol. The quantitative estimate of drug-likeness (QED) is 0.594. The van der Waals surface area contributed by atoms with Crippen LogP contribution in [0.3, 0.4) is 0 Å². The number of aryl methyl sites for hydroxylation is 1. The molecule has 2 atom stereocenters. The van der Waals surface area contributed by atoms with Crippen LogP contribution in [-0.2, 0) is 15.3 Å². The highest BCUT2D eigenvalue weighted by Gasteiger charge is 2.40. The molecule has 0 aromatic heterocycles. The van der Waals surface area contributed by atoms with Crippen LogP contribution in [0.15, 0.2) is 24.3 Å². The lowest BCUT2D eigenvalue weighted by Crippen LogP contribution is -2.28. The Hall–Kier alpha value is -0.570. The standard InChI is InChI=1S/C15H21ClO2/c1-12-5-7-14(8-6-12)15(9-3-4-10-16)17-11-13(2)18-15/h5-8,13H,3-4,9-11H2,1-2H3. The first-order valence-electron chi connectivity index (χ1n) is 6.61. The molecule has 0 saturated carbocycles. The van der Waals surface area contributed by atoms with E-state index in [0.717, 1.165) is 24.8 Å². The lowest BCUT2D eigenvalue weighted by molar-refractivity contribution is -0.181. The first-order valence-corrected chi connectivity index (χ1v) is 7.14. The molecular weight excluding hydrogens is 248 g/mol. The van der Waals surface area contributed by atoms with Gasteiger partial charge in [0.15, 0.2) is 5.79 Å². The summed E-state index contributed by atoms with van der Waals surface area (Å²) in [4.78, 5) is 0. The minimum absolute atomic E-state index is 0.155. The van der Waals surface area contributed by atoms with Crippen molar-refractivity contribution < 1.29 is 9.47 Å². The SMILES string of the molecule is Cc1ccc(C2(CCCCCl)OCC(C)O2)cc1. The summed E-state index contributed by atoms with van der Waals surface area (Å²) in [5.74, 6) is 0.138. The molecule has 1 fully saturated rings. The van der Waals surface area contributed by atoms with Gasteiger partial charge in [0.2, 0.25) is 0 Å². The van der Waals surface area contributed by atoms with E-state index in [4.69, 9.17) is 21.1 Å². The highest BCUT2D eigenvalue weighted by Crippen LogP contribution is 2.38. The summed E-state index contributed by atoms with van der Waals surface area (Å²) in [5.41, 5.74) is 2.37. The molecule has 1 aliphatic heterocycles. The molecule has 0 bridgehead atoms. The number of hydrogen-bond donors (Lipinski definition) is 0. The van der Waals surface area contributed by atoms with Crippen LogP contribution in [0.4, 0.5) is 0 Å². The van der Waals surface area contributed by atoms with Gasteiger partial charge in [-0.15, -0.1) is 11.6 Å². The van der Waals surface area contributed by atoms with E-state index >= 15 is 0 Å². The molecule has 2 unspecified atom stereocenters. The average Bonchev–Trinajstić information content (AvgIpc) is 2.73. The molecule has 100 valence electrons. The van der Waals surface area contributed by atoms with Gasteiger partial charge in [0.25, 0.3) is 0 Å². The summed E-state index contributed by atoms with van der Waals surface area (Å²) in [7, 11) is 0. The predicted octanol–water partition coefficient (Wildman–Crippen LogP) is 3.99. The molecule has 0 amide bonds. The van der Waals surface area contributed by atoms with Gasteiger partial charge < -0.3 is 9.47 Å². The summed E-state index contributed by atoms with van der Waals surface area (Å²) >= 11 is 5.75. The van der Waals surface area contributed by atoms with E-state index in [-0.39, 0.29) is 6.10 Å². The Morgan fingerprint density at radius 1 is 1.28 bits per heavy atom. The number of hydrogen-bond acceptors (Lipinski definition) is 2. The van der Waals surface area contributed by atoms with Gasteiger partial charge in [-0.2, -0.15) is 0 Å². The third kappa shape index (κ3) is 3.05. The fourth-order valence-corrected chi connectivity index (χ4v) is 2.52. The first-order chi connectivity index (χ1) is 8.66. The Labute approximate surface area is 114 Å². The van der Waals surface area contributed by atoms with Crippen LogP contribution in [0.25, 0.3) is 0 Å². The zero-order valence-electron chi connectivity index (χ0n) is 11.1. The van der Waals surface area contributed by atoms with E-state index in [0.29, 0.717) is 12.5 Å². The Morgan fingerprint density at radius 2 is 2.00 bits per heavy atom. The number of halogens is 1. The zero-order chi connectivity index (χ0) is 13.0. The van der Waals surface area contributed by atoms with Gasteiger partial charge in [0.1, 0.15) is 0 Å². The van der Waals surface area contributed by atoms with E-state index in [1.165, 1.54) is 5.56 Å². The number of rotatable bonds is 5. The summed E-state index contributed by atoms with van der Waals surface area (Å²) in [6, 6.07) is 8.42. The van der Waals surface area contributed by atoms with Gasteiger partial charge in [-0.05, 0) is 26.7 Å². The fourth-order valence-electron chi connectivity index (χ4n) is 2.33. The second-order valence-corrected chi connectivity index (χ2v) is 5.38. The summed E-state index contributed by atoms with van der Waals surface area (Å²) < 4.78 is 12.0. The fraction of sp³-hybridized carbons (Fsp3) is 0.600. The highest BCUT2D eigenvalue weighted by atomic mass is 35.5. The van der Waals surface area contributed by atoms with Crippen molar-refractivity contribution in [2.45, 2.75) is 45.0 Å². The molecule has 0 spiro atoms. The summed E-state index contributed by atoms with van der Waals surface area (Å²) in [5, 5.41) is 0. The first kappa shape index (κ1) is 13.9. The van der Waals surface area contributed by atoms with Gasteiger partial charge >= 0.3 is 0 Å². The molecule has 0 radical (unpaired) electrons. The van der Waals surface area contributed by atoms with Crippen molar-refractivity contribution in [3.8, 4) is 0 Å². The van der Waals surface area contributed by atoms with Crippen LogP contribution in [0.1, 0.15) is 37.3 Å². The third-order valence-electron chi connectivity index (χ3n) is 3.32. The van der Waals surface area contributed by atoms with E-state index in [2.05, 4.69) is 38.1 Å². The Bertz CT molecular complexity index is 377. The van der Waals surface area contributed by atoms with Crippen molar-refractivity contribution in [2.24, 2.45) is 0 Å². The smallest absolute Gasteiger partial charge is 0.195 e. The largest absolute Gasteiger partial charge is 0.343 e. The molecular formula is C15H21ClO2. The van der Waals surface area contributed by atoms with E-state index in [1.54, 1.807) is 0 Å². The molecule has 18 heavy (non-hydrogen) atoms. The van der Waals surface area contributed by atoms with Gasteiger partial charge in [0, 0.05) is 17.9 Å². The van der Waals surface area contributed by atoms with Gasteiger partial charge in [-0.3, -0.25) is 0 Å². The Kier molecular flexibility index (Phi) is 4.66. The van der Waals surface area contributed by atoms with E-state index in [9.17, 15) is 0 Å². The monoisotopic (exact) mass is 268 g/mol. The molecule has 2 rings (SSSR count). The molecule has 1 heterocycles. The minimum Gasteiger partial charge on any atom is -0.343 e. The topological polar surface area (TPSA) is 18.5 Å². The Morgan fingerprint density at radius 3 is 2.56 bits per heavy atom. The van der Waals surface area contributed by atoms with Crippen molar-refractivity contribution in [1.82, 2.24) is 0 Å². The van der Waals surface area contributed by atoms with Crippen LogP contribution >= 0.6 is 11.6 Å². The van der Waals surface area contributed by atoms with Gasteiger partial charge in [0.05, 0.1) is 12.7 Å². The van der Waals surface area contributed by atoms with Crippen LogP contribution in [0.2, 0.25) is 0 Å². The minimum atomic E-state index is -0.556. The second kappa shape index (κ2) is 6.05. The van der Waals surface area contributed by atoms with Crippen molar-refractivity contribution >= 4 is 11.6 Å². The number of ether oxygens (including phenoxy) is 2. The predicted molar refractivity (Wildman–Crippen MR) is 73.9 cm³/mol. The van der Waals surface area contributed by atoms with Crippen molar-refractivity contribution in [3.05, 3.63) is 35.4 Å². The van der Waals surface area contributed by atoms with E-state index < -0.39 is 5.79 Å². The van der Waals surface area contributed by atoms with Crippen LogP contribution < -0.4 is 0 Å². The summed E-state index contributed by atoms with van der Waals surface area (Å²) in [6.07, 6.45) is 3.04. The third-order valence-corrected chi connectivity index (χ3v) is 3.59. The lowest BCUT2D eigenvalue weighted by Gasteiger charge is -2.28. The number of alkyl halides is 1. The van der Waals surface area contributed by atoms with Crippen molar-refractivity contribution in [1.29, 1.82) is 0 Å².